The van der Waals surface area contributed by atoms with Crippen LogP contribution in [0.3, 0.4) is 0 Å². The van der Waals surface area contributed by atoms with Crippen LogP contribution in [-0.2, 0) is 29.1 Å². The molecule has 1 aromatic carbocycles. The number of carboxylic acids is 1. The van der Waals surface area contributed by atoms with E-state index in [2.05, 4.69) is 24.5 Å². The molecule has 0 aliphatic heterocycles. The Kier molecular flexibility index (Phi) is 19.0. The van der Waals surface area contributed by atoms with Crippen LogP contribution in [0.4, 0.5) is 0 Å². The first-order valence-corrected chi connectivity index (χ1v) is 10.7. The fraction of sp³-hybridized carbons (Fsp3) is 0.318. The number of sulfonamides is 1. The van der Waals surface area contributed by atoms with Crippen LogP contribution >= 0.6 is 0 Å². The summed E-state index contributed by atoms with van der Waals surface area (Å²) in [5.74, 6) is -2.02. The van der Waals surface area contributed by atoms with Crippen LogP contribution in [0.5, 0.6) is 0 Å². The Bertz CT molecular complexity index is 920. The molecule has 0 heterocycles. The minimum absolute atomic E-state index is 0.101. The van der Waals surface area contributed by atoms with Gasteiger partial charge in [0.15, 0.2) is 0 Å². The lowest BCUT2D eigenvalue weighted by Gasteiger charge is -2.08. The van der Waals surface area contributed by atoms with Gasteiger partial charge in [0.25, 0.3) is 15.9 Å². The molecule has 0 radical (unpaired) electrons. The summed E-state index contributed by atoms with van der Waals surface area (Å²) in [4.78, 5) is 30.8. The molecule has 0 aliphatic rings. The Morgan fingerprint density at radius 3 is 1.82 bits per heavy atom. The van der Waals surface area contributed by atoms with Gasteiger partial charge in [-0.1, -0.05) is 37.9 Å². The van der Waals surface area contributed by atoms with Crippen LogP contribution < -0.4 is 4.72 Å². The molecule has 186 valence electrons. The van der Waals surface area contributed by atoms with E-state index in [9.17, 15) is 22.8 Å². The molecular weight excluding hydrogens is 454 g/mol. The minimum atomic E-state index is -3.80. The van der Waals surface area contributed by atoms with E-state index < -0.39 is 28.0 Å². The van der Waals surface area contributed by atoms with Gasteiger partial charge in [0, 0.05) is 17.2 Å². The Morgan fingerprint density at radius 2 is 1.58 bits per heavy atom. The highest BCUT2D eigenvalue weighted by Gasteiger charge is 2.19. The van der Waals surface area contributed by atoms with E-state index in [1.54, 1.807) is 32.0 Å². The fourth-order valence-corrected chi connectivity index (χ4v) is 2.57. The van der Waals surface area contributed by atoms with Gasteiger partial charge in [-0.05, 0) is 39.3 Å². The van der Waals surface area contributed by atoms with Gasteiger partial charge >= 0.3 is 11.9 Å². The second-order valence-electron chi connectivity index (χ2n) is 6.33. The highest BCUT2D eigenvalue weighted by atomic mass is 32.2. The summed E-state index contributed by atoms with van der Waals surface area (Å²) < 4.78 is 29.8. The third-order valence-electron chi connectivity index (χ3n) is 2.97. The van der Waals surface area contributed by atoms with Gasteiger partial charge < -0.3 is 20.1 Å². The van der Waals surface area contributed by atoms with Gasteiger partial charge in [-0.2, -0.15) is 0 Å². The van der Waals surface area contributed by atoms with Crippen molar-refractivity contribution in [1.82, 2.24) is 4.72 Å². The smallest absolute Gasteiger partial charge is 0.332 e. The molecule has 11 heteroatoms. The average Bonchev–Trinajstić information content (AvgIpc) is 2.73. The monoisotopic (exact) mass is 487 g/mol. The zero-order chi connectivity index (χ0) is 26.8. The van der Waals surface area contributed by atoms with E-state index in [1.807, 2.05) is 4.72 Å². The number of hydrogen-bond acceptors (Lipinski definition) is 8. The third-order valence-corrected chi connectivity index (χ3v) is 4.46. The van der Waals surface area contributed by atoms with Crippen molar-refractivity contribution in [3.05, 3.63) is 66.8 Å². The summed E-state index contributed by atoms with van der Waals surface area (Å²) in [7, 11) is -2.47. The largest absolute Gasteiger partial charge is 0.478 e. The number of aliphatic carboxylic acids is 1. The second kappa shape index (κ2) is 18.3. The summed E-state index contributed by atoms with van der Waals surface area (Å²) in [6.45, 7) is 15.8. The Hall–Kier alpha value is -3.28. The van der Waals surface area contributed by atoms with E-state index >= 15 is 0 Å². The van der Waals surface area contributed by atoms with Gasteiger partial charge in [0.2, 0.25) is 0 Å². The number of carbonyl (C=O) groups excluding carboxylic acids is 2. The number of amides is 1. The molecule has 10 nitrogen and oxygen atoms in total. The third kappa shape index (κ3) is 19.2. The van der Waals surface area contributed by atoms with Crippen molar-refractivity contribution in [3.8, 4) is 0 Å². The summed E-state index contributed by atoms with van der Waals surface area (Å²) in [5, 5.41) is 23.6. The van der Waals surface area contributed by atoms with Crippen LogP contribution in [0.1, 0.15) is 26.3 Å². The molecule has 0 saturated carbocycles. The van der Waals surface area contributed by atoms with E-state index in [1.165, 1.54) is 27.0 Å². The first kappa shape index (κ1) is 34.3. The molecule has 0 aromatic heterocycles. The normalized spacial score (nSPS) is 10.2. The van der Waals surface area contributed by atoms with Gasteiger partial charge in [-0.25, -0.2) is 22.7 Å². The van der Waals surface area contributed by atoms with Gasteiger partial charge in [0.1, 0.15) is 0 Å². The number of rotatable bonds is 6. The molecule has 0 spiro atoms. The Morgan fingerprint density at radius 1 is 1.15 bits per heavy atom. The summed E-state index contributed by atoms with van der Waals surface area (Å²) in [6, 6.07) is 6.45. The summed E-state index contributed by atoms with van der Waals surface area (Å²) in [5.41, 5.74) is 1.17. The molecule has 1 amide bonds. The first-order chi connectivity index (χ1) is 15.1. The van der Waals surface area contributed by atoms with Crippen LogP contribution in [0.2, 0.25) is 0 Å². The number of carboxylic acid groups (broad SMARTS) is 1. The summed E-state index contributed by atoms with van der Waals surface area (Å²) in [6.07, 6.45) is 0.273. The number of aryl methyl sites for hydroxylation is 1. The number of nitrogens with one attached hydrogen (secondary N) is 1. The molecule has 1 unspecified atom stereocenters. The fourth-order valence-electron chi connectivity index (χ4n) is 1.30. The maximum Gasteiger partial charge on any atom is 0.332 e. The summed E-state index contributed by atoms with van der Waals surface area (Å²) >= 11 is 0. The molecule has 0 saturated heterocycles. The van der Waals surface area contributed by atoms with E-state index in [0.29, 0.717) is 11.1 Å². The van der Waals surface area contributed by atoms with Crippen molar-refractivity contribution in [2.75, 3.05) is 13.7 Å². The first-order valence-electron chi connectivity index (χ1n) is 9.23. The Balaban J connectivity index is -0.000000437. The molecular formula is C22H33NO9S. The molecule has 4 N–H and O–H groups in total. The van der Waals surface area contributed by atoms with Crippen LogP contribution in [0.25, 0.3) is 0 Å². The number of methoxy groups -OCH3 is 1. The highest BCUT2D eigenvalue weighted by Crippen LogP contribution is 2.13. The van der Waals surface area contributed by atoms with Crippen molar-refractivity contribution in [2.24, 2.45) is 0 Å². The molecule has 33 heavy (non-hydrogen) atoms. The molecule has 0 bridgehead atoms. The predicted molar refractivity (Wildman–Crippen MR) is 125 cm³/mol. The maximum atomic E-state index is 11.8. The Labute approximate surface area is 195 Å². The standard InChI is InChI=1S/C11H13NO3S.C5H8O2.C3H8O2.C3H4O2/c1-8(2)11(13)12-16(14,15)10-7-5-4-6-9(10)3;1-4(2)5(6)7-3;1-3(5)2-4;1-2-3(4)5/h4-7H,1H2,2-3H3,(H,12,13);1H2,2-3H3;3-5H,2H2,1H3;2H,1H2,(H,4,5). The number of aliphatic hydroxyl groups is 2. The van der Waals surface area contributed by atoms with Crippen LogP contribution in [-0.4, -0.2) is 61.4 Å². The SMILES string of the molecule is C=C(C)C(=O)NS(=O)(=O)c1ccccc1C.C=C(C)C(=O)OC.C=CC(=O)O.CC(O)CO. The quantitative estimate of drug-likeness (QED) is 0.345. The number of hydrogen-bond donors (Lipinski definition) is 4. The topological polar surface area (TPSA) is 167 Å². The lowest BCUT2D eigenvalue weighted by molar-refractivity contribution is -0.136. The molecule has 0 fully saturated rings. The number of carbonyl (C=O) groups is 3. The zero-order valence-corrected chi connectivity index (χ0v) is 20.3. The lowest BCUT2D eigenvalue weighted by atomic mass is 10.2. The van der Waals surface area contributed by atoms with E-state index in [-0.39, 0.29) is 23.0 Å². The molecule has 1 aromatic rings. The number of esters is 1. The van der Waals surface area contributed by atoms with Crippen molar-refractivity contribution in [1.29, 1.82) is 0 Å². The second-order valence-corrected chi connectivity index (χ2v) is 7.98. The van der Waals surface area contributed by atoms with Crippen molar-refractivity contribution < 1.29 is 42.9 Å². The van der Waals surface area contributed by atoms with E-state index in [4.69, 9.17) is 15.3 Å². The molecule has 1 rings (SSSR count). The van der Waals surface area contributed by atoms with Gasteiger partial charge in [-0.15, -0.1) is 0 Å². The number of ether oxygens (including phenoxy) is 1. The predicted octanol–water partition coefficient (Wildman–Crippen LogP) is 1.73. The highest BCUT2D eigenvalue weighted by molar-refractivity contribution is 7.90. The maximum absolute atomic E-state index is 11.8. The van der Waals surface area contributed by atoms with Crippen molar-refractivity contribution >= 4 is 27.9 Å². The minimum Gasteiger partial charge on any atom is -0.478 e. The zero-order valence-electron chi connectivity index (χ0n) is 19.5. The van der Waals surface area contributed by atoms with Crippen molar-refractivity contribution in [3.63, 3.8) is 0 Å². The van der Waals surface area contributed by atoms with Crippen molar-refractivity contribution in [2.45, 2.75) is 38.7 Å². The molecule has 0 aliphatic carbocycles. The molecule has 1 atom stereocenters. The number of aliphatic hydroxyl groups excluding tert-OH is 2. The van der Waals surface area contributed by atoms with Gasteiger partial charge in [-0.3, -0.25) is 4.79 Å². The average molecular weight is 488 g/mol. The number of benzene rings is 1. The van der Waals surface area contributed by atoms with E-state index in [0.717, 1.165) is 6.08 Å². The lowest BCUT2D eigenvalue weighted by Crippen LogP contribution is -2.31. The van der Waals surface area contributed by atoms with Crippen LogP contribution in [0.15, 0.2) is 66.1 Å². The van der Waals surface area contributed by atoms with Gasteiger partial charge in [0.05, 0.1) is 24.7 Å². The van der Waals surface area contributed by atoms with Crippen LogP contribution in [0, 0.1) is 6.92 Å².